The third-order valence-electron chi connectivity index (χ3n) is 5.03. The third kappa shape index (κ3) is 3.45. The van der Waals surface area contributed by atoms with Gasteiger partial charge in [-0.15, -0.1) is 0 Å². The lowest BCUT2D eigenvalue weighted by molar-refractivity contribution is 0.102. The van der Waals surface area contributed by atoms with Crippen LogP contribution in [-0.2, 0) is 0 Å². The van der Waals surface area contributed by atoms with E-state index in [1.54, 1.807) is 0 Å². The van der Waals surface area contributed by atoms with Gasteiger partial charge in [0.1, 0.15) is 0 Å². The Morgan fingerprint density at radius 2 is 1.72 bits per heavy atom. The van der Waals surface area contributed by atoms with Gasteiger partial charge in [-0.25, -0.2) is 0 Å². The van der Waals surface area contributed by atoms with Crippen LogP contribution in [0, 0.1) is 27.7 Å². The highest BCUT2D eigenvalue weighted by molar-refractivity contribution is 9.10. The van der Waals surface area contributed by atoms with Crippen LogP contribution in [0.1, 0.15) is 45.5 Å². The summed E-state index contributed by atoms with van der Waals surface area (Å²) in [5, 5.41) is 3.16. The Kier molecular flexibility index (Phi) is 5.19. The Morgan fingerprint density at radius 3 is 2.40 bits per heavy atom. The number of hydrogen-bond acceptors (Lipinski definition) is 2. The van der Waals surface area contributed by atoms with Crippen molar-refractivity contribution < 1.29 is 4.79 Å². The molecule has 1 N–H and O–H groups in total. The first-order chi connectivity index (χ1) is 11.9. The zero-order chi connectivity index (χ0) is 18.1. The van der Waals surface area contributed by atoms with Crippen molar-refractivity contribution in [1.29, 1.82) is 0 Å². The molecule has 4 heteroatoms. The van der Waals surface area contributed by atoms with Crippen molar-refractivity contribution in [3.63, 3.8) is 0 Å². The van der Waals surface area contributed by atoms with Crippen LogP contribution in [0.2, 0.25) is 0 Å². The Morgan fingerprint density at radius 1 is 1.04 bits per heavy atom. The average molecular weight is 401 g/mol. The average Bonchev–Trinajstić information content (AvgIpc) is 3.07. The van der Waals surface area contributed by atoms with Crippen LogP contribution in [0.4, 0.5) is 11.4 Å². The topological polar surface area (TPSA) is 32.3 Å². The molecule has 1 aliphatic rings. The molecule has 1 aliphatic heterocycles. The van der Waals surface area contributed by atoms with E-state index < -0.39 is 0 Å². The Bertz CT molecular complexity index is 823. The zero-order valence-electron chi connectivity index (χ0n) is 15.4. The summed E-state index contributed by atoms with van der Waals surface area (Å²) < 4.78 is 0.856. The number of nitrogens with one attached hydrogen (secondary N) is 1. The summed E-state index contributed by atoms with van der Waals surface area (Å²) in [6.07, 6.45) is 2.48. The standard InChI is InChI=1S/C21H25BrN2O/c1-13-8-7-9-17(18(13)22)21(25)23-19-14(2)12-15(3)20(16(19)4)24-10-5-6-11-24/h7-9,12H,5-6,10-11H2,1-4H3,(H,23,25). The molecular formula is C21H25BrN2O. The van der Waals surface area contributed by atoms with Crippen LogP contribution < -0.4 is 10.2 Å². The minimum atomic E-state index is -0.0713. The van der Waals surface area contributed by atoms with Crippen molar-refractivity contribution in [1.82, 2.24) is 0 Å². The molecule has 25 heavy (non-hydrogen) atoms. The van der Waals surface area contributed by atoms with Crippen LogP contribution >= 0.6 is 15.9 Å². The maximum Gasteiger partial charge on any atom is 0.256 e. The molecule has 3 nitrogen and oxygen atoms in total. The van der Waals surface area contributed by atoms with Gasteiger partial charge in [0.15, 0.2) is 0 Å². The van der Waals surface area contributed by atoms with Gasteiger partial charge >= 0.3 is 0 Å². The number of aryl methyl sites for hydroxylation is 3. The third-order valence-corrected chi connectivity index (χ3v) is 6.08. The predicted molar refractivity (Wildman–Crippen MR) is 109 cm³/mol. The number of carbonyl (C=O) groups excluding carboxylic acids is 1. The number of rotatable bonds is 3. The van der Waals surface area contributed by atoms with Gasteiger partial charge in [0.25, 0.3) is 5.91 Å². The fourth-order valence-electron chi connectivity index (χ4n) is 3.80. The van der Waals surface area contributed by atoms with Crippen molar-refractivity contribution in [2.75, 3.05) is 23.3 Å². The van der Waals surface area contributed by atoms with Gasteiger partial charge in [-0.05, 0) is 84.8 Å². The summed E-state index contributed by atoms with van der Waals surface area (Å²) in [7, 11) is 0. The highest BCUT2D eigenvalue weighted by Crippen LogP contribution is 2.35. The summed E-state index contributed by atoms with van der Waals surface area (Å²) in [6, 6.07) is 7.95. The van der Waals surface area contributed by atoms with Crippen LogP contribution in [-0.4, -0.2) is 19.0 Å². The maximum atomic E-state index is 12.9. The van der Waals surface area contributed by atoms with Gasteiger partial charge in [0.2, 0.25) is 0 Å². The van der Waals surface area contributed by atoms with E-state index in [2.05, 4.69) is 53.0 Å². The molecule has 0 radical (unpaired) electrons. The smallest absolute Gasteiger partial charge is 0.256 e. The Balaban J connectivity index is 1.98. The largest absolute Gasteiger partial charge is 0.371 e. The number of carbonyl (C=O) groups is 1. The SMILES string of the molecule is Cc1cccc(C(=O)Nc2c(C)cc(C)c(N3CCCC3)c2C)c1Br. The van der Waals surface area contributed by atoms with Crippen LogP contribution in [0.5, 0.6) is 0 Å². The minimum absolute atomic E-state index is 0.0713. The van der Waals surface area contributed by atoms with E-state index in [1.165, 1.54) is 24.1 Å². The van der Waals surface area contributed by atoms with Gasteiger partial charge in [0, 0.05) is 28.9 Å². The summed E-state index contributed by atoms with van der Waals surface area (Å²) in [6.45, 7) is 10.5. The van der Waals surface area contributed by atoms with Crippen LogP contribution in [0.3, 0.4) is 0 Å². The van der Waals surface area contributed by atoms with E-state index in [-0.39, 0.29) is 5.91 Å². The van der Waals surface area contributed by atoms with E-state index in [9.17, 15) is 4.79 Å². The lowest BCUT2D eigenvalue weighted by Gasteiger charge is -2.26. The molecule has 0 unspecified atom stereocenters. The predicted octanol–water partition coefficient (Wildman–Crippen LogP) is 5.54. The van der Waals surface area contributed by atoms with Crippen LogP contribution in [0.25, 0.3) is 0 Å². The number of amides is 1. The van der Waals surface area contributed by atoms with Gasteiger partial charge in [-0.3, -0.25) is 4.79 Å². The molecule has 1 saturated heterocycles. The first-order valence-electron chi connectivity index (χ1n) is 8.82. The van der Waals surface area contributed by atoms with Crippen molar-refractivity contribution in [2.45, 2.75) is 40.5 Å². The summed E-state index contributed by atoms with van der Waals surface area (Å²) >= 11 is 3.54. The van der Waals surface area contributed by atoms with Crippen molar-refractivity contribution in [3.05, 3.63) is 56.6 Å². The van der Waals surface area contributed by atoms with Gasteiger partial charge < -0.3 is 10.2 Å². The quantitative estimate of drug-likeness (QED) is 0.733. The van der Waals surface area contributed by atoms with Crippen molar-refractivity contribution in [3.8, 4) is 0 Å². The second-order valence-corrected chi connectivity index (χ2v) is 7.74. The number of halogens is 1. The fraction of sp³-hybridized carbons (Fsp3) is 0.381. The molecule has 0 saturated carbocycles. The molecule has 0 bridgehead atoms. The minimum Gasteiger partial charge on any atom is -0.371 e. The zero-order valence-corrected chi connectivity index (χ0v) is 17.0. The monoisotopic (exact) mass is 400 g/mol. The number of nitrogens with zero attached hydrogens (tertiary/aromatic N) is 1. The van der Waals surface area contributed by atoms with Gasteiger partial charge in [-0.1, -0.05) is 18.2 Å². The molecular weight excluding hydrogens is 376 g/mol. The van der Waals surface area contributed by atoms with Gasteiger partial charge in [0.05, 0.1) is 5.56 Å². The van der Waals surface area contributed by atoms with E-state index in [0.717, 1.165) is 39.9 Å². The molecule has 2 aromatic rings. The van der Waals surface area contributed by atoms with E-state index >= 15 is 0 Å². The Labute approximate surface area is 158 Å². The van der Waals surface area contributed by atoms with E-state index in [4.69, 9.17) is 0 Å². The molecule has 0 spiro atoms. The van der Waals surface area contributed by atoms with Crippen LogP contribution in [0.15, 0.2) is 28.7 Å². The number of benzene rings is 2. The van der Waals surface area contributed by atoms with Crippen molar-refractivity contribution in [2.24, 2.45) is 0 Å². The summed E-state index contributed by atoms with van der Waals surface area (Å²) in [5.41, 5.74) is 7.50. The second kappa shape index (κ2) is 7.20. The number of anilines is 2. The number of hydrogen-bond donors (Lipinski definition) is 1. The molecule has 1 amide bonds. The first-order valence-corrected chi connectivity index (χ1v) is 9.61. The summed E-state index contributed by atoms with van der Waals surface area (Å²) in [5.74, 6) is -0.0713. The lowest BCUT2D eigenvalue weighted by Crippen LogP contribution is -2.22. The molecule has 3 rings (SSSR count). The lowest BCUT2D eigenvalue weighted by atomic mass is 10.0. The Hall–Kier alpha value is -1.81. The highest BCUT2D eigenvalue weighted by Gasteiger charge is 2.21. The first kappa shape index (κ1) is 18.0. The molecule has 0 atom stereocenters. The van der Waals surface area contributed by atoms with E-state index in [1.807, 2.05) is 25.1 Å². The second-order valence-electron chi connectivity index (χ2n) is 6.94. The molecule has 1 fully saturated rings. The van der Waals surface area contributed by atoms with E-state index in [0.29, 0.717) is 5.56 Å². The summed E-state index contributed by atoms with van der Waals surface area (Å²) in [4.78, 5) is 15.3. The molecule has 1 heterocycles. The highest BCUT2D eigenvalue weighted by atomic mass is 79.9. The fourth-order valence-corrected chi connectivity index (χ4v) is 4.24. The normalized spacial score (nSPS) is 14.0. The van der Waals surface area contributed by atoms with Gasteiger partial charge in [-0.2, -0.15) is 0 Å². The molecule has 0 aromatic heterocycles. The maximum absolute atomic E-state index is 12.9. The molecule has 0 aliphatic carbocycles. The van der Waals surface area contributed by atoms with Crippen molar-refractivity contribution >= 4 is 33.2 Å². The molecule has 2 aromatic carbocycles. The molecule has 132 valence electrons.